The van der Waals surface area contributed by atoms with Crippen LogP contribution in [-0.2, 0) is 6.54 Å². The number of aryl methyl sites for hydroxylation is 2. The molecule has 19 heavy (non-hydrogen) atoms. The first-order valence-corrected chi connectivity index (χ1v) is 6.44. The minimum absolute atomic E-state index is 0.573. The van der Waals surface area contributed by atoms with E-state index >= 15 is 0 Å². The molecule has 0 aliphatic heterocycles. The zero-order valence-corrected chi connectivity index (χ0v) is 11.2. The van der Waals surface area contributed by atoms with E-state index in [1.54, 1.807) is 0 Å². The molecule has 2 N–H and O–H groups in total. The molecule has 0 atom stereocenters. The first-order chi connectivity index (χ1) is 9.20. The number of benzene rings is 1. The fourth-order valence-electron chi connectivity index (χ4n) is 2.39. The van der Waals surface area contributed by atoms with Crippen molar-refractivity contribution < 1.29 is 0 Å². The van der Waals surface area contributed by atoms with Gasteiger partial charge in [-0.15, -0.1) is 0 Å². The van der Waals surface area contributed by atoms with Crippen molar-refractivity contribution in [3.63, 3.8) is 0 Å². The van der Waals surface area contributed by atoms with Gasteiger partial charge in [-0.3, -0.25) is 0 Å². The Bertz CT molecular complexity index is 724. The van der Waals surface area contributed by atoms with Crippen LogP contribution in [0.25, 0.3) is 16.9 Å². The molecule has 3 nitrogen and oxygen atoms in total. The molecule has 3 heteroatoms. The highest BCUT2D eigenvalue weighted by Crippen LogP contribution is 2.25. The second-order valence-corrected chi connectivity index (χ2v) is 4.83. The van der Waals surface area contributed by atoms with Gasteiger partial charge < -0.3 is 10.1 Å². The van der Waals surface area contributed by atoms with Gasteiger partial charge in [0.05, 0.1) is 5.69 Å². The fraction of sp³-hybridized carbons (Fsp3) is 0.188. The molecule has 96 valence electrons. The van der Waals surface area contributed by atoms with Crippen LogP contribution >= 0.6 is 0 Å². The van der Waals surface area contributed by atoms with Gasteiger partial charge in [-0.25, -0.2) is 4.98 Å². The molecule has 3 aromatic rings. The maximum Gasteiger partial charge on any atom is 0.140 e. The van der Waals surface area contributed by atoms with Crippen LogP contribution in [0.1, 0.15) is 16.8 Å². The number of hydrogen-bond acceptors (Lipinski definition) is 2. The largest absolute Gasteiger partial charge is 0.326 e. The lowest BCUT2D eigenvalue weighted by Crippen LogP contribution is -1.95. The third kappa shape index (κ3) is 1.92. The second-order valence-electron chi connectivity index (χ2n) is 4.83. The van der Waals surface area contributed by atoms with Crippen LogP contribution < -0.4 is 5.73 Å². The highest BCUT2D eigenvalue weighted by atomic mass is 15.0. The Kier molecular flexibility index (Phi) is 2.84. The van der Waals surface area contributed by atoms with E-state index in [1.807, 2.05) is 0 Å². The zero-order chi connectivity index (χ0) is 13.4. The summed E-state index contributed by atoms with van der Waals surface area (Å²) in [5.74, 6) is 0. The van der Waals surface area contributed by atoms with E-state index in [4.69, 9.17) is 10.7 Å². The van der Waals surface area contributed by atoms with Crippen molar-refractivity contribution in [2.24, 2.45) is 5.73 Å². The van der Waals surface area contributed by atoms with Crippen LogP contribution in [-0.4, -0.2) is 9.38 Å². The molecule has 0 unspecified atom stereocenters. The van der Waals surface area contributed by atoms with E-state index < -0.39 is 0 Å². The number of fused-ring (bicyclic) bond motifs is 1. The molecule has 0 saturated carbocycles. The Hall–Kier alpha value is -2.13. The van der Waals surface area contributed by atoms with Crippen molar-refractivity contribution in [2.75, 3.05) is 0 Å². The van der Waals surface area contributed by atoms with Gasteiger partial charge in [-0.2, -0.15) is 0 Å². The van der Waals surface area contributed by atoms with Crippen LogP contribution in [0.2, 0.25) is 0 Å². The minimum atomic E-state index is 0.573. The van der Waals surface area contributed by atoms with Crippen molar-refractivity contribution in [3.8, 4) is 11.3 Å². The number of aromatic nitrogens is 2. The zero-order valence-electron chi connectivity index (χ0n) is 11.2. The predicted molar refractivity (Wildman–Crippen MR) is 78.0 cm³/mol. The van der Waals surface area contributed by atoms with Crippen molar-refractivity contribution in [2.45, 2.75) is 20.4 Å². The van der Waals surface area contributed by atoms with Crippen molar-refractivity contribution in [1.29, 1.82) is 0 Å². The number of imidazole rings is 1. The van der Waals surface area contributed by atoms with Gasteiger partial charge in [0, 0.05) is 24.0 Å². The average molecular weight is 251 g/mol. The molecule has 0 amide bonds. The Morgan fingerprint density at radius 3 is 2.47 bits per heavy atom. The van der Waals surface area contributed by atoms with Gasteiger partial charge in [0.1, 0.15) is 5.65 Å². The van der Waals surface area contributed by atoms with Crippen LogP contribution in [0, 0.1) is 13.8 Å². The number of hydrogen-bond donors (Lipinski definition) is 1. The topological polar surface area (TPSA) is 43.3 Å². The first-order valence-electron chi connectivity index (χ1n) is 6.44. The van der Waals surface area contributed by atoms with E-state index in [2.05, 4.69) is 60.8 Å². The standard InChI is InChI=1S/C16H17N3/c1-11-4-3-9-19-12(2)15(18-16(11)19)14-7-5-13(10-17)6-8-14/h3-9H,10,17H2,1-2H3. The second kappa shape index (κ2) is 4.52. The van der Waals surface area contributed by atoms with Crippen LogP contribution in [0.5, 0.6) is 0 Å². The molecule has 3 rings (SSSR count). The Balaban J connectivity index is 2.19. The van der Waals surface area contributed by atoms with E-state index in [9.17, 15) is 0 Å². The monoisotopic (exact) mass is 251 g/mol. The van der Waals surface area contributed by atoms with Crippen LogP contribution in [0.15, 0.2) is 42.6 Å². The molecule has 2 aromatic heterocycles. The van der Waals surface area contributed by atoms with Crippen molar-refractivity contribution >= 4 is 5.65 Å². The normalized spacial score (nSPS) is 11.1. The predicted octanol–water partition coefficient (Wildman–Crippen LogP) is 3.08. The molecule has 0 spiro atoms. The number of pyridine rings is 1. The summed E-state index contributed by atoms with van der Waals surface area (Å²) in [5.41, 5.74) is 12.3. The van der Waals surface area contributed by atoms with Gasteiger partial charge in [0.2, 0.25) is 0 Å². The molecule has 0 aliphatic rings. The number of nitrogens with zero attached hydrogens (tertiary/aromatic N) is 2. The molecule has 0 fully saturated rings. The summed E-state index contributed by atoms with van der Waals surface area (Å²) in [6, 6.07) is 12.4. The SMILES string of the molecule is Cc1cccn2c(C)c(-c3ccc(CN)cc3)nc12. The van der Waals surface area contributed by atoms with Gasteiger partial charge >= 0.3 is 0 Å². The van der Waals surface area contributed by atoms with Crippen molar-refractivity contribution in [3.05, 3.63) is 59.4 Å². The highest BCUT2D eigenvalue weighted by Gasteiger charge is 2.11. The Labute approximate surface area is 112 Å². The smallest absolute Gasteiger partial charge is 0.140 e. The number of rotatable bonds is 2. The lowest BCUT2D eigenvalue weighted by atomic mass is 10.1. The third-order valence-corrected chi connectivity index (χ3v) is 3.55. The van der Waals surface area contributed by atoms with Crippen molar-refractivity contribution in [1.82, 2.24) is 9.38 Å². The van der Waals surface area contributed by atoms with Gasteiger partial charge in [0.15, 0.2) is 0 Å². The molecule has 2 heterocycles. The van der Waals surface area contributed by atoms with Crippen LogP contribution in [0.4, 0.5) is 0 Å². The summed E-state index contributed by atoms with van der Waals surface area (Å²) in [7, 11) is 0. The molecule has 0 bridgehead atoms. The molecule has 0 radical (unpaired) electrons. The highest BCUT2D eigenvalue weighted by molar-refractivity contribution is 5.67. The quantitative estimate of drug-likeness (QED) is 0.760. The third-order valence-electron chi connectivity index (χ3n) is 3.55. The molecule has 0 saturated heterocycles. The lowest BCUT2D eigenvalue weighted by Gasteiger charge is -2.01. The van der Waals surface area contributed by atoms with Gasteiger partial charge in [-0.1, -0.05) is 30.3 Å². The fourth-order valence-corrected chi connectivity index (χ4v) is 2.39. The Morgan fingerprint density at radius 2 is 1.84 bits per heavy atom. The molecule has 0 aliphatic carbocycles. The van der Waals surface area contributed by atoms with Gasteiger partial charge in [-0.05, 0) is 31.0 Å². The molecular weight excluding hydrogens is 234 g/mol. The molecular formula is C16H17N3. The summed E-state index contributed by atoms with van der Waals surface area (Å²) in [6.07, 6.45) is 2.06. The summed E-state index contributed by atoms with van der Waals surface area (Å²) in [5, 5.41) is 0. The average Bonchev–Trinajstić information content (AvgIpc) is 2.78. The maximum atomic E-state index is 5.63. The Morgan fingerprint density at radius 1 is 1.11 bits per heavy atom. The first kappa shape index (κ1) is 11.9. The summed E-state index contributed by atoms with van der Waals surface area (Å²) in [6.45, 7) is 4.76. The minimum Gasteiger partial charge on any atom is -0.326 e. The summed E-state index contributed by atoms with van der Waals surface area (Å²) >= 11 is 0. The van der Waals surface area contributed by atoms with Gasteiger partial charge in [0.25, 0.3) is 0 Å². The lowest BCUT2D eigenvalue weighted by molar-refractivity contribution is 1.07. The van der Waals surface area contributed by atoms with E-state index in [-0.39, 0.29) is 0 Å². The van der Waals surface area contributed by atoms with E-state index in [0.29, 0.717) is 6.54 Å². The van der Waals surface area contributed by atoms with Crippen LogP contribution in [0.3, 0.4) is 0 Å². The summed E-state index contributed by atoms with van der Waals surface area (Å²) in [4.78, 5) is 4.77. The number of nitrogens with two attached hydrogens (primary N) is 1. The summed E-state index contributed by atoms with van der Waals surface area (Å²) < 4.78 is 2.14. The maximum absolute atomic E-state index is 5.63. The molecule has 1 aromatic carbocycles. The van der Waals surface area contributed by atoms with E-state index in [1.165, 1.54) is 11.3 Å². The van der Waals surface area contributed by atoms with E-state index in [0.717, 1.165) is 22.5 Å².